The molecule has 0 aliphatic heterocycles. The predicted molar refractivity (Wildman–Crippen MR) is 85.2 cm³/mol. The summed E-state index contributed by atoms with van der Waals surface area (Å²) < 4.78 is 5.79. The van der Waals surface area contributed by atoms with Crippen LogP contribution in [0.1, 0.15) is 36.1 Å². The van der Waals surface area contributed by atoms with Crippen molar-refractivity contribution in [2.24, 2.45) is 0 Å². The molecule has 1 unspecified atom stereocenters. The lowest BCUT2D eigenvalue weighted by atomic mass is 9.97. The van der Waals surface area contributed by atoms with E-state index in [9.17, 15) is 9.90 Å². The van der Waals surface area contributed by atoms with Gasteiger partial charge in [0.2, 0.25) is 0 Å². The van der Waals surface area contributed by atoms with E-state index in [2.05, 4.69) is 6.92 Å². The topological polar surface area (TPSA) is 46.5 Å². The number of aliphatic carboxylic acids is 1. The van der Waals surface area contributed by atoms with E-state index in [1.165, 1.54) is 11.3 Å². The van der Waals surface area contributed by atoms with Crippen LogP contribution in [0.3, 0.4) is 0 Å². The third-order valence-electron chi connectivity index (χ3n) is 3.34. The van der Waals surface area contributed by atoms with Crippen LogP contribution in [-0.2, 0) is 11.2 Å². The normalized spacial score (nSPS) is 12.0. The second kappa shape index (κ2) is 7.84. The minimum absolute atomic E-state index is 0.456. The van der Waals surface area contributed by atoms with Crippen LogP contribution in [0, 0.1) is 0 Å². The van der Waals surface area contributed by atoms with Gasteiger partial charge in [0.25, 0.3) is 0 Å². The van der Waals surface area contributed by atoms with Crippen molar-refractivity contribution in [3.8, 4) is 5.75 Å². The molecular weight excluding hydrogens is 284 g/mol. The second-order valence-corrected chi connectivity index (χ2v) is 5.90. The Morgan fingerprint density at radius 2 is 2.10 bits per heavy atom. The van der Waals surface area contributed by atoms with Gasteiger partial charge in [-0.05, 0) is 35.9 Å². The highest BCUT2D eigenvalue weighted by molar-refractivity contribution is 7.10. The van der Waals surface area contributed by atoms with Gasteiger partial charge in [-0.25, -0.2) is 0 Å². The van der Waals surface area contributed by atoms with Crippen LogP contribution in [0.2, 0.25) is 0 Å². The Hall–Kier alpha value is -1.81. The summed E-state index contributed by atoms with van der Waals surface area (Å²) in [6, 6.07) is 11.5. The van der Waals surface area contributed by atoms with Crippen LogP contribution < -0.4 is 4.74 Å². The molecule has 21 heavy (non-hydrogen) atoms. The van der Waals surface area contributed by atoms with E-state index in [4.69, 9.17) is 4.74 Å². The molecule has 2 rings (SSSR count). The monoisotopic (exact) mass is 304 g/mol. The number of thiophene rings is 1. The molecule has 4 heteroatoms. The summed E-state index contributed by atoms with van der Waals surface area (Å²) in [6.45, 7) is 2.79. The summed E-state index contributed by atoms with van der Waals surface area (Å²) in [5.74, 6) is -0.504. The maximum absolute atomic E-state index is 11.5. The van der Waals surface area contributed by atoms with Gasteiger partial charge in [0.05, 0.1) is 12.5 Å². The number of benzene rings is 1. The lowest BCUT2D eigenvalue weighted by molar-refractivity contribution is -0.138. The average Bonchev–Trinajstić information content (AvgIpc) is 3.00. The van der Waals surface area contributed by atoms with E-state index in [0.29, 0.717) is 13.0 Å². The molecule has 0 radical (unpaired) electrons. The van der Waals surface area contributed by atoms with Crippen molar-refractivity contribution >= 4 is 17.3 Å². The molecule has 1 aromatic heterocycles. The Labute approximate surface area is 129 Å². The Balaban J connectivity index is 2.15. The molecule has 1 heterocycles. The lowest BCUT2D eigenvalue weighted by Crippen LogP contribution is -2.14. The van der Waals surface area contributed by atoms with Crippen molar-refractivity contribution in [3.05, 3.63) is 52.2 Å². The summed E-state index contributed by atoms with van der Waals surface area (Å²) in [5.41, 5.74) is 0.953. The predicted octanol–water partition coefficient (Wildman–Crippen LogP) is 4.34. The molecule has 2 aromatic rings. The minimum Gasteiger partial charge on any atom is -0.493 e. The van der Waals surface area contributed by atoms with Gasteiger partial charge >= 0.3 is 5.97 Å². The fourth-order valence-corrected chi connectivity index (χ4v) is 2.98. The molecular formula is C17H20O3S. The van der Waals surface area contributed by atoms with Crippen LogP contribution in [-0.4, -0.2) is 17.7 Å². The number of ether oxygens (including phenoxy) is 1. The molecule has 0 fully saturated rings. The Kier molecular flexibility index (Phi) is 5.81. The smallest absolute Gasteiger partial charge is 0.312 e. The number of unbranched alkanes of at least 4 members (excludes halogenated alkanes) is 1. The maximum atomic E-state index is 11.5. The number of para-hydroxylation sites is 1. The molecule has 1 aromatic carbocycles. The first kappa shape index (κ1) is 15.6. The highest BCUT2D eigenvalue weighted by atomic mass is 32.1. The van der Waals surface area contributed by atoms with Crippen molar-refractivity contribution in [1.82, 2.24) is 0 Å². The van der Waals surface area contributed by atoms with E-state index in [1.54, 1.807) is 0 Å². The van der Waals surface area contributed by atoms with E-state index in [0.717, 1.165) is 29.0 Å². The van der Waals surface area contributed by atoms with Gasteiger partial charge in [-0.1, -0.05) is 37.6 Å². The van der Waals surface area contributed by atoms with Crippen molar-refractivity contribution in [1.29, 1.82) is 0 Å². The molecule has 0 bridgehead atoms. The number of carbonyl (C=O) groups is 1. The summed E-state index contributed by atoms with van der Waals surface area (Å²) in [6.07, 6.45) is 2.54. The third kappa shape index (κ3) is 4.33. The zero-order valence-corrected chi connectivity index (χ0v) is 12.9. The number of hydrogen-bond acceptors (Lipinski definition) is 3. The van der Waals surface area contributed by atoms with Gasteiger partial charge in [-0.3, -0.25) is 4.79 Å². The average molecular weight is 304 g/mol. The molecule has 0 spiro atoms. The largest absolute Gasteiger partial charge is 0.493 e. The Morgan fingerprint density at radius 1 is 1.29 bits per heavy atom. The summed E-state index contributed by atoms with van der Waals surface area (Å²) in [4.78, 5) is 12.4. The zero-order valence-electron chi connectivity index (χ0n) is 12.1. The molecule has 3 nitrogen and oxygen atoms in total. The Bertz CT molecular complexity index is 563. The highest BCUT2D eigenvalue weighted by Crippen LogP contribution is 2.29. The Morgan fingerprint density at radius 3 is 2.76 bits per heavy atom. The number of hydrogen-bond donors (Lipinski definition) is 1. The molecule has 0 amide bonds. The van der Waals surface area contributed by atoms with E-state index in [1.807, 2.05) is 41.8 Å². The third-order valence-corrected chi connectivity index (χ3v) is 4.32. The quantitative estimate of drug-likeness (QED) is 0.738. The molecule has 0 aliphatic rings. The number of carboxylic acids is 1. The van der Waals surface area contributed by atoms with Crippen molar-refractivity contribution < 1.29 is 14.6 Å². The SMILES string of the molecule is CCCCOc1ccccc1CC(C(=O)O)c1cccs1. The molecule has 0 saturated heterocycles. The molecule has 0 saturated carbocycles. The minimum atomic E-state index is -0.791. The maximum Gasteiger partial charge on any atom is 0.312 e. The van der Waals surface area contributed by atoms with Crippen LogP contribution in [0.5, 0.6) is 5.75 Å². The van der Waals surface area contributed by atoms with E-state index < -0.39 is 11.9 Å². The van der Waals surface area contributed by atoms with Gasteiger partial charge < -0.3 is 9.84 Å². The van der Waals surface area contributed by atoms with Crippen molar-refractivity contribution in [2.45, 2.75) is 32.1 Å². The molecule has 0 aliphatic carbocycles. The summed E-state index contributed by atoms with van der Waals surface area (Å²) in [5, 5.41) is 11.4. The second-order valence-electron chi connectivity index (χ2n) is 4.92. The van der Waals surface area contributed by atoms with Gasteiger partial charge in [0, 0.05) is 4.88 Å². The standard InChI is InChI=1S/C17H20O3S/c1-2-3-10-20-15-8-5-4-7-13(15)12-14(17(18)19)16-9-6-11-21-16/h4-9,11,14H,2-3,10,12H2,1H3,(H,18,19). The van der Waals surface area contributed by atoms with Crippen LogP contribution in [0.25, 0.3) is 0 Å². The number of rotatable bonds is 8. The highest BCUT2D eigenvalue weighted by Gasteiger charge is 2.22. The first-order valence-corrected chi connectivity index (χ1v) is 8.07. The molecule has 112 valence electrons. The fraction of sp³-hybridized carbons (Fsp3) is 0.353. The van der Waals surface area contributed by atoms with Gasteiger partial charge in [-0.15, -0.1) is 11.3 Å². The number of carboxylic acid groups (broad SMARTS) is 1. The zero-order chi connectivity index (χ0) is 15.1. The van der Waals surface area contributed by atoms with Crippen LogP contribution in [0.15, 0.2) is 41.8 Å². The molecule has 1 N–H and O–H groups in total. The summed E-state index contributed by atoms with van der Waals surface area (Å²) >= 11 is 1.48. The first-order valence-electron chi connectivity index (χ1n) is 7.19. The first-order chi connectivity index (χ1) is 10.2. The summed E-state index contributed by atoms with van der Waals surface area (Å²) in [7, 11) is 0. The fourth-order valence-electron chi connectivity index (χ4n) is 2.16. The van der Waals surface area contributed by atoms with Crippen LogP contribution >= 0.6 is 11.3 Å². The van der Waals surface area contributed by atoms with Gasteiger partial charge in [0.1, 0.15) is 5.75 Å². The van der Waals surface area contributed by atoms with Gasteiger partial charge in [0.15, 0.2) is 0 Å². The van der Waals surface area contributed by atoms with Gasteiger partial charge in [-0.2, -0.15) is 0 Å². The van der Waals surface area contributed by atoms with Crippen molar-refractivity contribution in [3.63, 3.8) is 0 Å². The molecule has 1 atom stereocenters. The lowest BCUT2D eigenvalue weighted by Gasteiger charge is -2.15. The van der Waals surface area contributed by atoms with Crippen LogP contribution in [0.4, 0.5) is 0 Å². The van der Waals surface area contributed by atoms with E-state index >= 15 is 0 Å². The van der Waals surface area contributed by atoms with E-state index in [-0.39, 0.29) is 0 Å². The van der Waals surface area contributed by atoms with Crippen molar-refractivity contribution in [2.75, 3.05) is 6.61 Å².